The van der Waals surface area contributed by atoms with Crippen LogP contribution in [0.2, 0.25) is 0 Å². The number of benzene rings is 3. The van der Waals surface area contributed by atoms with Crippen molar-refractivity contribution < 1.29 is 31.2 Å². The molecule has 3 amide bonds. The molecule has 1 atom stereocenters. The molecule has 4 N–H and O–H groups in total. The van der Waals surface area contributed by atoms with Crippen molar-refractivity contribution in [3.63, 3.8) is 0 Å². The minimum Gasteiger partial charge on any atom is -0.327 e. The lowest BCUT2D eigenvalue weighted by Crippen LogP contribution is -2.33. The molecule has 230 valence electrons. The van der Waals surface area contributed by atoms with Crippen molar-refractivity contribution in [2.24, 2.45) is 0 Å². The molecule has 44 heavy (non-hydrogen) atoms. The monoisotopic (exact) mass is 627 g/mol. The number of carbonyl (C=O) groups is 2. The maximum atomic E-state index is 13.1. The van der Waals surface area contributed by atoms with Crippen LogP contribution >= 0.6 is 0 Å². The second-order valence-electron chi connectivity index (χ2n) is 10.3. The van der Waals surface area contributed by atoms with Gasteiger partial charge in [-0.1, -0.05) is 66.8 Å². The zero-order valence-corrected chi connectivity index (χ0v) is 24.0. The van der Waals surface area contributed by atoms with E-state index in [0.29, 0.717) is 11.5 Å². The molecule has 4 aromatic rings. The van der Waals surface area contributed by atoms with E-state index in [1.165, 1.54) is 30.9 Å². The number of anilines is 2. The third-order valence-electron chi connectivity index (χ3n) is 7.41. The number of urea groups is 1. The number of H-pyrrole nitrogens is 1. The molecule has 15 heteroatoms. The molecular formula is C29H28F3N7O4S. The van der Waals surface area contributed by atoms with Gasteiger partial charge in [-0.05, 0) is 71.0 Å². The Kier molecular flexibility index (Phi) is 8.94. The Morgan fingerprint density at radius 2 is 1.55 bits per heavy atom. The second-order valence-corrected chi connectivity index (χ2v) is 12.3. The number of carbonyl (C=O) groups excluding carboxylic acids is 2. The standard InChI is InChI=1S/C29H28F3N7O4S/c30-29(31,32)44(42,43)24-8-4-7-23(17-24)33-28(41)34-25(20-11-9-19(10-12-20)18-5-2-1-3-6-18)21-13-15-22(16-14-21)26(40)35-27-36-38-39-37-27/h4,7-18,25H,1-3,5-6H2,(H2,33,34,41)(H2,35,36,37,38,39,40). The van der Waals surface area contributed by atoms with E-state index >= 15 is 0 Å². The number of halogens is 3. The summed E-state index contributed by atoms with van der Waals surface area (Å²) in [7, 11) is -5.60. The van der Waals surface area contributed by atoms with E-state index in [9.17, 15) is 31.2 Å². The van der Waals surface area contributed by atoms with Gasteiger partial charge >= 0.3 is 11.5 Å². The third-order valence-corrected chi connectivity index (χ3v) is 8.89. The number of sulfone groups is 1. The Morgan fingerprint density at radius 1 is 0.886 bits per heavy atom. The summed E-state index contributed by atoms with van der Waals surface area (Å²) in [5, 5.41) is 20.7. The zero-order valence-electron chi connectivity index (χ0n) is 23.1. The summed E-state index contributed by atoms with van der Waals surface area (Å²) in [6.45, 7) is 0. The highest BCUT2D eigenvalue weighted by molar-refractivity contribution is 7.92. The van der Waals surface area contributed by atoms with Crippen molar-refractivity contribution >= 4 is 33.4 Å². The van der Waals surface area contributed by atoms with Gasteiger partial charge < -0.3 is 10.6 Å². The molecule has 11 nitrogen and oxygen atoms in total. The predicted molar refractivity (Wildman–Crippen MR) is 155 cm³/mol. The highest BCUT2D eigenvalue weighted by Gasteiger charge is 2.46. The Hall–Kier alpha value is -4.79. The number of tetrazole rings is 1. The van der Waals surface area contributed by atoms with Gasteiger partial charge in [0.25, 0.3) is 21.7 Å². The van der Waals surface area contributed by atoms with Crippen LogP contribution in [0.25, 0.3) is 0 Å². The summed E-state index contributed by atoms with van der Waals surface area (Å²) < 4.78 is 62.9. The fourth-order valence-corrected chi connectivity index (χ4v) is 5.95. The van der Waals surface area contributed by atoms with E-state index in [-0.39, 0.29) is 17.2 Å². The van der Waals surface area contributed by atoms with Gasteiger partial charge in [0, 0.05) is 11.3 Å². The fraction of sp³-hybridized carbons (Fsp3) is 0.276. The van der Waals surface area contributed by atoms with Crippen LogP contribution in [0.5, 0.6) is 0 Å². The molecule has 1 fully saturated rings. The van der Waals surface area contributed by atoms with Crippen LogP contribution in [0.15, 0.2) is 77.7 Å². The highest BCUT2D eigenvalue weighted by atomic mass is 32.2. The molecule has 0 saturated heterocycles. The Labute approximate surface area is 250 Å². The van der Waals surface area contributed by atoms with Gasteiger partial charge in [-0.2, -0.15) is 18.4 Å². The number of amides is 3. The average Bonchev–Trinajstić information content (AvgIpc) is 3.53. The van der Waals surface area contributed by atoms with Crippen LogP contribution in [0.4, 0.5) is 29.6 Å². The maximum Gasteiger partial charge on any atom is 0.501 e. The zero-order chi connectivity index (χ0) is 31.3. The number of nitrogens with zero attached hydrogens (tertiary/aromatic N) is 3. The predicted octanol–water partition coefficient (Wildman–Crippen LogP) is 5.70. The second kappa shape index (κ2) is 12.8. The van der Waals surface area contributed by atoms with Crippen LogP contribution in [-0.2, 0) is 9.84 Å². The summed E-state index contributed by atoms with van der Waals surface area (Å²) in [5.41, 5.74) is -2.82. The molecule has 0 spiro atoms. The number of hydrogen-bond donors (Lipinski definition) is 4. The molecule has 0 aliphatic heterocycles. The lowest BCUT2D eigenvalue weighted by atomic mass is 9.83. The first-order valence-corrected chi connectivity index (χ1v) is 15.2. The summed E-state index contributed by atoms with van der Waals surface area (Å²) in [6, 6.07) is 16.7. The number of aromatic amines is 1. The van der Waals surface area contributed by atoms with Crippen molar-refractivity contribution in [1.29, 1.82) is 0 Å². The van der Waals surface area contributed by atoms with Gasteiger partial charge in [-0.3, -0.25) is 10.1 Å². The minimum atomic E-state index is -5.60. The van der Waals surface area contributed by atoms with Crippen LogP contribution in [0, 0.1) is 0 Å². The van der Waals surface area contributed by atoms with Crippen molar-refractivity contribution in [3.8, 4) is 0 Å². The first-order valence-electron chi connectivity index (χ1n) is 13.7. The number of alkyl halides is 3. The van der Waals surface area contributed by atoms with E-state index in [0.717, 1.165) is 36.6 Å². The minimum absolute atomic E-state index is 0.000416. The molecule has 3 aromatic carbocycles. The summed E-state index contributed by atoms with van der Waals surface area (Å²) in [4.78, 5) is 24.7. The lowest BCUT2D eigenvalue weighted by Gasteiger charge is -2.24. The van der Waals surface area contributed by atoms with E-state index < -0.39 is 38.2 Å². The Bertz CT molecular complexity index is 1710. The van der Waals surface area contributed by atoms with Gasteiger partial charge in [0.15, 0.2) is 0 Å². The number of hydrogen-bond acceptors (Lipinski definition) is 7. The molecule has 1 saturated carbocycles. The molecule has 1 heterocycles. The molecule has 1 aromatic heterocycles. The summed E-state index contributed by atoms with van der Waals surface area (Å²) in [5.74, 6) is -0.0176. The first kappa shape index (κ1) is 30.7. The van der Waals surface area contributed by atoms with Crippen LogP contribution in [0.3, 0.4) is 0 Å². The average molecular weight is 628 g/mol. The number of rotatable bonds is 8. The number of aromatic nitrogens is 4. The molecule has 1 aliphatic rings. The van der Waals surface area contributed by atoms with E-state index in [1.54, 1.807) is 24.3 Å². The van der Waals surface area contributed by atoms with Gasteiger partial charge in [0.2, 0.25) is 0 Å². The smallest absolute Gasteiger partial charge is 0.327 e. The van der Waals surface area contributed by atoms with Gasteiger partial charge in [-0.15, -0.1) is 5.10 Å². The summed E-state index contributed by atoms with van der Waals surface area (Å²) >= 11 is 0. The van der Waals surface area contributed by atoms with Gasteiger partial charge in [0.1, 0.15) is 0 Å². The molecule has 5 rings (SSSR count). The maximum absolute atomic E-state index is 13.1. The van der Waals surface area contributed by atoms with Crippen molar-refractivity contribution in [3.05, 3.63) is 95.1 Å². The lowest BCUT2D eigenvalue weighted by molar-refractivity contribution is -0.0436. The highest BCUT2D eigenvalue weighted by Crippen LogP contribution is 2.34. The van der Waals surface area contributed by atoms with Gasteiger partial charge in [-0.25, -0.2) is 13.2 Å². The van der Waals surface area contributed by atoms with Crippen LogP contribution in [-0.4, -0.2) is 46.5 Å². The van der Waals surface area contributed by atoms with Crippen molar-refractivity contribution in [2.45, 2.75) is 54.5 Å². The molecule has 1 unspecified atom stereocenters. The molecule has 0 bridgehead atoms. The Morgan fingerprint density at radius 3 is 2.16 bits per heavy atom. The first-order chi connectivity index (χ1) is 21.0. The molecule has 1 aliphatic carbocycles. The number of nitrogens with one attached hydrogen (secondary N) is 4. The topological polar surface area (TPSA) is 159 Å². The van der Waals surface area contributed by atoms with E-state index in [2.05, 4.69) is 36.6 Å². The molecule has 0 radical (unpaired) electrons. The van der Waals surface area contributed by atoms with E-state index in [4.69, 9.17) is 0 Å². The third kappa shape index (κ3) is 7.05. The largest absolute Gasteiger partial charge is 0.501 e. The van der Waals surface area contributed by atoms with Crippen LogP contribution < -0.4 is 16.0 Å². The van der Waals surface area contributed by atoms with Crippen molar-refractivity contribution in [1.82, 2.24) is 25.9 Å². The summed E-state index contributed by atoms with van der Waals surface area (Å²) in [6.07, 6.45) is 5.80. The normalized spacial score (nSPS) is 14.9. The van der Waals surface area contributed by atoms with Crippen molar-refractivity contribution in [2.75, 3.05) is 10.6 Å². The SMILES string of the molecule is O=C(Nc1cccc(S(=O)(=O)C(F)(F)F)c1)NC(c1ccc(C(=O)Nc2nn[nH]n2)cc1)c1ccc(C2CCCCC2)cc1. The fourth-order valence-electron chi connectivity index (χ4n) is 5.14. The van der Waals surface area contributed by atoms with E-state index in [1.807, 2.05) is 24.3 Å². The van der Waals surface area contributed by atoms with Gasteiger partial charge in [0.05, 0.1) is 10.9 Å². The Balaban J connectivity index is 1.38. The van der Waals surface area contributed by atoms with Crippen LogP contribution in [0.1, 0.15) is 71.1 Å². The molecular weight excluding hydrogens is 599 g/mol. The quantitative estimate of drug-likeness (QED) is 0.195.